The van der Waals surface area contributed by atoms with E-state index in [2.05, 4.69) is 0 Å². The summed E-state index contributed by atoms with van der Waals surface area (Å²) in [5.74, 6) is 0.341. The van der Waals surface area contributed by atoms with Crippen LogP contribution < -0.4 is 0 Å². The average molecular weight is 340 g/mol. The minimum absolute atomic E-state index is 0.0583. The number of aryl methyl sites for hydroxylation is 1. The van der Waals surface area contributed by atoms with E-state index in [0.717, 1.165) is 16.9 Å². The maximum atomic E-state index is 12.8. The van der Waals surface area contributed by atoms with Gasteiger partial charge in [-0.2, -0.15) is 4.31 Å². The van der Waals surface area contributed by atoms with Crippen LogP contribution in [0.3, 0.4) is 0 Å². The van der Waals surface area contributed by atoms with Crippen LogP contribution in [-0.4, -0.2) is 39.0 Å². The zero-order valence-electron chi connectivity index (χ0n) is 12.3. The summed E-state index contributed by atoms with van der Waals surface area (Å²) in [5, 5.41) is 0. The molecule has 4 nitrogen and oxygen atoms in total. The molecule has 0 aliphatic rings. The fourth-order valence-electron chi connectivity index (χ4n) is 1.83. The van der Waals surface area contributed by atoms with Crippen LogP contribution in [0.15, 0.2) is 10.3 Å². The van der Waals surface area contributed by atoms with Gasteiger partial charge in [0.25, 0.3) is 10.0 Å². The average Bonchev–Trinajstić information content (AvgIpc) is 2.80. The van der Waals surface area contributed by atoms with Gasteiger partial charge >= 0.3 is 0 Å². The first kappa shape index (κ1) is 17.9. The molecule has 0 N–H and O–H groups in total. The van der Waals surface area contributed by atoms with E-state index in [1.54, 1.807) is 13.2 Å². The summed E-state index contributed by atoms with van der Waals surface area (Å²) in [5.41, 5.74) is 0.930. The highest BCUT2D eigenvalue weighted by atomic mass is 35.5. The molecule has 1 aromatic rings. The molecule has 0 radical (unpaired) electrons. The second-order valence-electron chi connectivity index (χ2n) is 4.67. The Balaban J connectivity index is 3.14. The van der Waals surface area contributed by atoms with Crippen molar-refractivity contribution in [1.29, 1.82) is 0 Å². The van der Waals surface area contributed by atoms with Crippen molar-refractivity contribution in [2.24, 2.45) is 0 Å². The smallest absolute Gasteiger partial charge is 0.252 e. The van der Waals surface area contributed by atoms with E-state index < -0.39 is 10.0 Å². The van der Waals surface area contributed by atoms with Crippen LogP contribution in [-0.2, 0) is 20.6 Å². The molecule has 0 bridgehead atoms. The highest BCUT2D eigenvalue weighted by molar-refractivity contribution is 7.91. The van der Waals surface area contributed by atoms with Crippen molar-refractivity contribution in [3.8, 4) is 0 Å². The Hall–Kier alpha value is -0.140. The Labute approximate surface area is 130 Å². The van der Waals surface area contributed by atoms with Gasteiger partial charge in [-0.15, -0.1) is 22.9 Å². The molecule has 1 rings (SSSR count). The number of alkyl halides is 1. The van der Waals surface area contributed by atoms with Crippen molar-refractivity contribution in [2.75, 3.05) is 20.3 Å². The molecule has 0 saturated carbocycles. The first-order valence-electron chi connectivity index (χ1n) is 6.54. The highest BCUT2D eigenvalue weighted by Gasteiger charge is 2.30. The SMILES string of the molecule is CCC(C)N(CCOC)S(=O)(=O)c1cc(C)c(CCl)s1. The lowest BCUT2D eigenvalue weighted by Gasteiger charge is -2.26. The molecule has 1 heterocycles. The third kappa shape index (κ3) is 3.95. The number of methoxy groups -OCH3 is 1. The van der Waals surface area contributed by atoms with Gasteiger partial charge in [0, 0.05) is 24.6 Å². The second kappa shape index (κ2) is 7.75. The summed E-state index contributed by atoms with van der Waals surface area (Å²) in [6.07, 6.45) is 0.760. The molecule has 1 aromatic heterocycles. The van der Waals surface area contributed by atoms with Crippen molar-refractivity contribution in [1.82, 2.24) is 4.31 Å². The van der Waals surface area contributed by atoms with Gasteiger partial charge in [-0.3, -0.25) is 0 Å². The van der Waals surface area contributed by atoms with E-state index in [4.69, 9.17) is 16.3 Å². The molecular weight excluding hydrogens is 318 g/mol. The number of halogens is 1. The molecule has 0 aliphatic heterocycles. The summed E-state index contributed by atoms with van der Waals surface area (Å²) >= 11 is 7.08. The van der Waals surface area contributed by atoms with Crippen molar-refractivity contribution in [3.05, 3.63) is 16.5 Å². The summed E-state index contributed by atoms with van der Waals surface area (Å²) in [4.78, 5) is 0.904. The van der Waals surface area contributed by atoms with Gasteiger partial charge in [0.15, 0.2) is 0 Å². The molecule has 0 aliphatic carbocycles. The quantitative estimate of drug-likeness (QED) is 0.683. The van der Waals surface area contributed by atoms with E-state index in [-0.39, 0.29) is 6.04 Å². The minimum Gasteiger partial charge on any atom is -0.383 e. The van der Waals surface area contributed by atoms with Crippen molar-refractivity contribution < 1.29 is 13.2 Å². The topological polar surface area (TPSA) is 46.6 Å². The molecule has 0 saturated heterocycles. The normalized spacial score (nSPS) is 13.9. The number of thiophene rings is 1. The third-order valence-corrected chi connectivity index (χ3v) is 7.41. The van der Waals surface area contributed by atoms with E-state index in [1.165, 1.54) is 15.6 Å². The molecule has 0 amide bonds. The number of hydrogen-bond donors (Lipinski definition) is 0. The van der Waals surface area contributed by atoms with E-state index in [1.807, 2.05) is 20.8 Å². The van der Waals surface area contributed by atoms with E-state index in [0.29, 0.717) is 23.2 Å². The first-order chi connectivity index (χ1) is 9.38. The van der Waals surface area contributed by atoms with E-state index >= 15 is 0 Å². The number of ether oxygens (including phenoxy) is 1. The molecule has 0 spiro atoms. The van der Waals surface area contributed by atoms with Crippen LogP contribution in [0.5, 0.6) is 0 Å². The van der Waals surface area contributed by atoms with Crippen LogP contribution in [0.1, 0.15) is 30.7 Å². The Morgan fingerprint density at radius 3 is 2.60 bits per heavy atom. The Morgan fingerprint density at radius 2 is 2.15 bits per heavy atom. The van der Waals surface area contributed by atoms with Crippen LogP contribution in [0.2, 0.25) is 0 Å². The third-order valence-electron chi connectivity index (χ3n) is 3.28. The fourth-order valence-corrected chi connectivity index (χ4v) is 5.46. The van der Waals surface area contributed by atoms with Gasteiger partial charge in [0.2, 0.25) is 0 Å². The molecule has 0 aromatic carbocycles. The molecule has 1 atom stereocenters. The lowest BCUT2D eigenvalue weighted by molar-refractivity contribution is 0.167. The lowest BCUT2D eigenvalue weighted by Crippen LogP contribution is -2.40. The number of nitrogens with zero attached hydrogens (tertiary/aromatic N) is 1. The van der Waals surface area contributed by atoms with Crippen LogP contribution in [0, 0.1) is 6.92 Å². The van der Waals surface area contributed by atoms with Crippen molar-refractivity contribution in [2.45, 2.75) is 43.3 Å². The van der Waals surface area contributed by atoms with Gasteiger partial charge in [-0.1, -0.05) is 6.92 Å². The van der Waals surface area contributed by atoms with Gasteiger partial charge in [-0.05, 0) is 31.9 Å². The van der Waals surface area contributed by atoms with Crippen LogP contribution in [0.4, 0.5) is 0 Å². The lowest BCUT2D eigenvalue weighted by atomic mass is 10.3. The van der Waals surface area contributed by atoms with Gasteiger partial charge in [0.05, 0.1) is 12.5 Å². The maximum Gasteiger partial charge on any atom is 0.252 e. The van der Waals surface area contributed by atoms with Crippen LogP contribution >= 0.6 is 22.9 Å². The summed E-state index contributed by atoms with van der Waals surface area (Å²) in [6, 6.07) is 1.65. The highest BCUT2D eigenvalue weighted by Crippen LogP contribution is 2.30. The van der Waals surface area contributed by atoms with Crippen molar-refractivity contribution in [3.63, 3.8) is 0 Å². The van der Waals surface area contributed by atoms with Gasteiger partial charge in [0.1, 0.15) is 4.21 Å². The largest absolute Gasteiger partial charge is 0.383 e. The molecule has 1 unspecified atom stereocenters. The predicted octanol–water partition coefficient (Wildman–Crippen LogP) is 3.23. The summed E-state index contributed by atoms with van der Waals surface area (Å²) in [6.45, 7) is 6.52. The van der Waals surface area contributed by atoms with Crippen molar-refractivity contribution >= 4 is 33.0 Å². The van der Waals surface area contributed by atoms with Gasteiger partial charge < -0.3 is 4.74 Å². The van der Waals surface area contributed by atoms with Gasteiger partial charge in [-0.25, -0.2) is 8.42 Å². The fraction of sp³-hybridized carbons (Fsp3) is 0.692. The monoisotopic (exact) mass is 339 g/mol. The molecule has 0 fully saturated rings. The Morgan fingerprint density at radius 1 is 1.50 bits per heavy atom. The first-order valence-corrected chi connectivity index (χ1v) is 9.33. The number of rotatable bonds is 8. The summed E-state index contributed by atoms with van der Waals surface area (Å²) in [7, 11) is -1.91. The zero-order valence-corrected chi connectivity index (χ0v) is 14.7. The number of sulfonamides is 1. The summed E-state index contributed by atoms with van der Waals surface area (Å²) < 4.78 is 32.4. The molecule has 20 heavy (non-hydrogen) atoms. The zero-order chi connectivity index (χ0) is 15.3. The standard InChI is InChI=1S/C13H22ClNO3S2/c1-5-11(3)15(6-7-18-4)20(16,17)13-8-10(2)12(9-14)19-13/h8,11H,5-7,9H2,1-4H3. The van der Waals surface area contributed by atoms with E-state index in [9.17, 15) is 8.42 Å². The Bertz CT molecular complexity index is 528. The Kier molecular flexibility index (Phi) is 6.94. The molecule has 7 heteroatoms. The van der Waals surface area contributed by atoms with Crippen LogP contribution in [0.25, 0.3) is 0 Å². The predicted molar refractivity (Wildman–Crippen MR) is 84.1 cm³/mol. The number of hydrogen-bond acceptors (Lipinski definition) is 4. The molecular formula is C13H22ClNO3S2. The molecule has 116 valence electrons. The second-order valence-corrected chi connectivity index (χ2v) is 8.19. The minimum atomic E-state index is -3.48. The maximum absolute atomic E-state index is 12.8.